The summed E-state index contributed by atoms with van der Waals surface area (Å²) in [6.07, 6.45) is 11.0. The number of halogens is 2. The van der Waals surface area contributed by atoms with Crippen LogP contribution in [-0.4, -0.2) is 27.5 Å². The van der Waals surface area contributed by atoms with E-state index in [4.69, 9.17) is 45.3 Å². The Morgan fingerprint density at radius 1 is 1.16 bits per heavy atom. The molecule has 0 amide bonds. The molecule has 0 unspecified atom stereocenters. The average molecular weight is 575 g/mol. The van der Waals surface area contributed by atoms with Crippen LogP contribution >= 0.6 is 35.4 Å². The van der Waals surface area contributed by atoms with Gasteiger partial charge in [0.2, 0.25) is 0 Å². The first-order valence-corrected chi connectivity index (χ1v) is 15.2. The number of ether oxygens (including phenoxy) is 1. The van der Waals surface area contributed by atoms with E-state index in [1.807, 2.05) is 17.7 Å². The van der Waals surface area contributed by atoms with E-state index >= 15 is 0 Å². The fourth-order valence-electron chi connectivity index (χ4n) is 9.46. The molecule has 1 aromatic carbocycles. The third-order valence-corrected chi connectivity index (χ3v) is 11.8. The Kier molecular flexibility index (Phi) is 6.25. The van der Waals surface area contributed by atoms with Crippen LogP contribution in [0.5, 0.6) is 0 Å². The van der Waals surface area contributed by atoms with Crippen LogP contribution in [0.2, 0.25) is 10.0 Å². The number of esters is 1. The summed E-state index contributed by atoms with van der Waals surface area (Å²) in [5, 5.41) is 9.99. The van der Waals surface area contributed by atoms with E-state index in [9.17, 15) is 4.79 Å². The van der Waals surface area contributed by atoms with Crippen LogP contribution in [0.25, 0.3) is 0 Å². The zero-order chi connectivity index (χ0) is 27.1. The minimum atomic E-state index is -0.402. The van der Waals surface area contributed by atoms with Gasteiger partial charge in [0.1, 0.15) is 0 Å². The lowest BCUT2D eigenvalue weighted by Crippen LogP contribution is -2.60. The Bertz CT molecular complexity index is 1330. The number of thiocarbonyl (C=S) groups is 1. The van der Waals surface area contributed by atoms with Gasteiger partial charge in [-0.1, -0.05) is 43.5 Å². The lowest BCUT2D eigenvalue weighted by atomic mass is 9.40. The lowest BCUT2D eigenvalue weighted by Gasteiger charge is -2.64. The second kappa shape index (κ2) is 8.94. The minimum Gasteiger partial charge on any atom is -0.466 e. The first-order chi connectivity index (χ1) is 18.0. The van der Waals surface area contributed by atoms with Gasteiger partial charge in [0.15, 0.2) is 5.11 Å². The van der Waals surface area contributed by atoms with E-state index in [1.165, 1.54) is 24.1 Å². The summed E-state index contributed by atoms with van der Waals surface area (Å²) in [7, 11) is 0. The molecule has 1 N–H and O–H groups in total. The van der Waals surface area contributed by atoms with Gasteiger partial charge in [0.05, 0.1) is 28.4 Å². The Balaban J connectivity index is 1.36. The molecular formula is C30H37Cl2N3O2S. The van der Waals surface area contributed by atoms with E-state index in [0.29, 0.717) is 39.3 Å². The number of benzene rings is 1. The number of hydrogen-bond donors (Lipinski definition) is 1. The number of hydrogen-bond acceptors (Lipinski definition) is 4. The van der Waals surface area contributed by atoms with Gasteiger partial charge in [-0.2, -0.15) is 5.10 Å². The third kappa shape index (κ3) is 3.65. The molecule has 0 radical (unpaired) electrons. The number of rotatable bonds is 3. The van der Waals surface area contributed by atoms with Crippen molar-refractivity contribution in [2.24, 2.45) is 22.7 Å². The van der Waals surface area contributed by atoms with Gasteiger partial charge in [-0.15, -0.1) is 0 Å². The van der Waals surface area contributed by atoms with Crippen LogP contribution in [0.15, 0.2) is 24.4 Å². The molecule has 5 nitrogen and oxygen atoms in total. The molecule has 3 fully saturated rings. The van der Waals surface area contributed by atoms with Crippen molar-refractivity contribution in [2.45, 2.75) is 89.9 Å². The van der Waals surface area contributed by atoms with Crippen LogP contribution in [0.1, 0.15) is 90.3 Å². The van der Waals surface area contributed by atoms with Gasteiger partial charge in [-0.05, 0) is 106 Å². The predicted molar refractivity (Wildman–Crippen MR) is 156 cm³/mol. The molecule has 38 heavy (non-hydrogen) atoms. The van der Waals surface area contributed by atoms with E-state index in [0.717, 1.165) is 38.5 Å². The van der Waals surface area contributed by atoms with E-state index < -0.39 is 5.41 Å². The van der Waals surface area contributed by atoms with Crippen LogP contribution in [0.4, 0.5) is 5.69 Å². The number of carbonyl (C=O) groups excluding carboxylic acids is 1. The summed E-state index contributed by atoms with van der Waals surface area (Å²) < 4.78 is 7.49. The Hall–Kier alpha value is -1.63. The Morgan fingerprint density at radius 3 is 2.66 bits per heavy atom. The number of fused-ring (bicyclic) bond motifs is 5. The highest BCUT2D eigenvalue weighted by Crippen LogP contribution is 2.72. The summed E-state index contributed by atoms with van der Waals surface area (Å²) in [5.74, 6) is 0.864. The fraction of sp³-hybridized carbons (Fsp3) is 0.633. The summed E-state index contributed by atoms with van der Waals surface area (Å²) >= 11 is 18.3. The fourth-order valence-corrected chi connectivity index (χ4v) is 10.1. The standard InChI is InChI=1S/C30H37Cl2N3O2S/c1-5-37-25(36)29(4)12-6-11-28(3)22(29)10-14-30-17-27(2,13-9-23(28)30)24-19(30)16-35(34-24)26(38)33-21-8-7-18(31)15-20(21)32/h7-8,15-16,22-23H,5-6,9-14,17H2,1-4H3,(H,33,38)/t22-,23-,27-,28+,29+,30+/m0/s1. The normalized spacial score (nSPS) is 37.1. The Labute approximate surface area is 241 Å². The molecule has 0 aliphatic heterocycles. The average Bonchev–Trinajstić information content (AvgIpc) is 3.38. The maximum Gasteiger partial charge on any atom is 0.312 e. The van der Waals surface area contributed by atoms with E-state index in [2.05, 4.69) is 32.3 Å². The molecule has 6 rings (SSSR count). The van der Waals surface area contributed by atoms with Crippen molar-refractivity contribution >= 4 is 52.2 Å². The highest BCUT2D eigenvalue weighted by Gasteiger charge is 2.68. The van der Waals surface area contributed by atoms with Crippen LogP contribution in [-0.2, 0) is 20.4 Å². The van der Waals surface area contributed by atoms with Crippen molar-refractivity contribution in [3.8, 4) is 0 Å². The summed E-state index contributed by atoms with van der Waals surface area (Å²) in [6.45, 7) is 9.42. The van der Waals surface area contributed by atoms with E-state index in [1.54, 1.807) is 12.1 Å². The number of aromatic nitrogens is 2. The number of carbonyl (C=O) groups is 1. The zero-order valence-electron chi connectivity index (χ0n) is 22.7. The number of nitrogens with one attached hydrogen (secondary N) is 1. The number of anilines is 1. The zero-order valence-corrected chi connectivity index (χ0v) is 25.0. The molecule has 2 bridgehead atoms. The monoisotopic (exact) mass is 573 g/mol. The van der Waals surface area contributed by atoms with Crippen molar-refractivity contribution in [3.05, 3.63) is 45.7 Å². The van der Waals surface area contributed by atoms with Gasteiger partial charge in [-0.25, -0.2) is 4.68 Å². The summed E-state index contributed by atoms with van der Waals surface area (Å²) in [5.41, 5.74) is 3.11. The molecule has 6 atom stereocenters. The molecular weight excluding hydrogens is 537 g/mol. The van der Waals surface area contributed by atoms with Gasteiger partial charge in [0, 0.05) is 27.6 Å². The highest BCUT2D eigenvalue weighted by atomic mass is 35.5. The molecule has 1 heterocycles. The molecule has 8 heteroatoms. The van der Waals surface area contributed by atoms with Crippen LogP contribution < -0.4 is 5.32 Å². The molecule has 4 aliphatic carbocycles. The smallest absolute Gasteiger partial charge is 0.312 e. The molecule has 3 saturated carbocycles. The number of nitrogens with zero attached hydrogens (tertiary/aromatic N) is 2. The van der Waals surface area contributed by atoms with Gasteiger partial charge >= 0.3 is 5.97 Å². The Morgan fingerprint density at radius 2 is 1.92 bits per heavy atom. The minimum absolute atomic E-state index is 0.00439. The molecule has 1 spiro atoms. The van der Waals surface area contributed by atoms with Crippen LogP contribution in [0, 0.1) is 22.7 Å². The first kappa shape index (κ1) is 26.6. The second-order valence-corrected chi connectivity index (χ2v) is 14.2. The van der Waals surface area contributed by atoms with Crippen molar-refractivity contribution in [2.75, 3.05) is 11.9 Å². The van der Waals surface area contributed by atoms with Gasteiger partial charge in [-0.3, -0.25) is 4.79 Å². The molecule has 2 aromatic rings. The molecule has 4 aliphatic rings. The topological polar surface area (TPSA) is 56.1 Å². The van der Waals surface area contributed by atoms with Gasteiger partial charge < -0.3 is 10.1 Å². The quantitative estimate of drug-likeness (QED) is 0.298. The predicted octanol–water partition coefficient (Wildman–Crippen LogP) is 7.91. The largest absolute Gasteiger partial charge is 0.466 e. The summed E-state index contributed by atoms with van der Waals surface area (Å²) in [6, 6.07) is 5.34. The molecule has 0 saturated heterocycles. The SMILES string of the molecule is CCOC(=O)[C@]1(C)CCC[C@@]2(C)[C@@H]3CC[C@@]4(C)C[C@]3(CC[C@@H]21)c1cn(C(=S)Nc2ccc(Cl)cc2Cl)nc14. The van der Waals surface area contributed by atoms with Gasteiger partial charge in [0.25, 0.3) is 0 Å². The summed E-state index contributed by atoms with van der Waals surface area (Å²) in [4.78, 5) is 13.3. The van der Waals surface area contributed by atoms with Crippen molar-refractivity contribution < 1.29 is 9.53 Å². The van der Waals surface area contributed by atoms with Crippen molar-refractivity contribution in [1.82, 2.24) is 9.78 Å². The highest BCUT2D eigenvalue weighted by molar-refractivity contribution is 7.80. The first-order valence-electron chi connectivity index (χ1n) is 14.0. The maximum absolute atomic E-state index is 13.3. The molecule has 204 valence electrons. The maximum atomic E-state index is 13.3. The lowest BCUT2D eigenvalue weighted by molar-refractivity contribution is -0.180. The third-order valence-electron chi connectivity index (χ3n) is 11.0. The van der Waals surface area contributed by atoms with Crippen LogP contribution in [0.3, 0.4) is 0 Å². The van der Waals surface area contributed by atoms with Crippen molar-refractivity contribution in [1.29, 1.82) is 0 Å². The molecule has 1 aromatic heterocycles. The van der Waals surface area contributed by atoms with Crippen molar-refractivity contribution in [3.63, 3.8) is 0 Å². The second-order valence-electron chi connectivity index (χ2n) is 13.0. The van der Waals surface area contributed by atoms with E-state index in [-0.39, 0.29) is 22.2 Å².